The minimum Gasteiger partial charge on any atom is -0.345 e. The molecule has 1 aromatic heterocycles. The molecule has 4 rings (SSSR count). The summed E-state index contributed by atoms with van der Waals surface area (Å²) in [7, 11) is 0. The standard InChI is InChI=1S/C30H38N2O/c1-23-10-8-11-24(20-23)21-31-19-9-14-28(31)22-32(27-12-6-5-7-13-27)29(33)25-15-17-26(18-16-25)30(2,3)4/h8-11,14-20,27H,5-7,12-13,21-22H2,1-4H3. The van der Waals surface area contributed by atoms with Crippen LogP contribution in [-0.2, 0) is 18.5 Å². The number of aryl methyl sites for hydroxylation is 1. The van der Waals surface area contributed by atoms with Crippen molar-refractivity contribution in [3.63, 3.8) is 0 Å². The molecular weight excluding hydrogens is 404 g/mol. The summed E-state index contributed by atoms with van der Waals surface area (Å²) in [6.07, 6.45) is 8.04. The Morgan fingerprint density at radius 2 is 1.70 bits per heavy atom. The number of hydrogen-bond acceptors (Lipinski definition) is 1. The van der Waals surface area contributed by atoms with Crippen molar-refractivity contribution in [1.29, 1.82) is 0 Å². The van der Waals surface area contributed by atoms with Gasteiger partial charge in [-0.1, -0.05) is 82.0 Å². The summed E-state index contributed by atoms with van der Waals surface area (Å²) >= 11 is 0. The SMILES string of the molecule is Cc1cccc(Cn2cccc2CN(C(=O)c2ccc(C(C)(C)C)cc2)C2CCCCC2)c1. The molecule has 3 nitrogen and oxygen atoms in total. The van der Waals surface area contributed by atoms with Gasteiger partial charge >= 0.3 is 0 Å². The summed E-state index contributed by atoms with van der Waals surface area (Å²) in [5.74, 6) is 0.158. The van der Waals surface area contributed by atoms with Crippen molar-refractivity contribution in [2.24, 2.45) is 0 Å². The Hall–Kier alpha value is -2.81. The van der Waals surface area contributed by atoms with Crippen LogP contribution in [0.2, 0.25) is 0 Å². The van der Waals surface area contributed by atoms with E-state index in [9.17, 15) is 4.79 Å². The second kappa shape index (κ2) is 9.99. The van der Waals surface area contributed by atoms with Gasteiger partial charge in [0.25, 0.3) is 5.91 Å². The lowest BCUT2D eigenvalue weighted by atomic mass is 9.86. The highest BCUT2D eigenvalue weighted by molar-refractivity contribution is 5.94. The van der Waals surface area contributed by atoms with Gasteiger partial charge in [0.15, 0.2) is 0 Å². The first-order valence-electron chi connectivity index (χ1n) is 12.4. The fourth-order valence-corrected chi connectivity index (χ4v) is 4.97. The van der Waals surface area contributed by atoms with E-state index in [-0.39, 0.29) is 11.3 Å². The van der Waals surface area contributed by atoms with Crippen LogP contribution in [0.15, 0.2) is 66.9 Å². The zero-order chi connectivity index (χ0) is 23.4. The number of nitrogens with zero attached hydrogens (tertiary/aromatic N) is 2. The number of rotatable bonds is 6. The van der Waals surface area contributed by atoms with Crippen molar-refractivity contribution >= 4 is 5.91 Å². The number of amides is 1. The van der Waals surface area contributed by atoms with Crippen molar-refractivity contribution < 1.29 is 4.79 Å². The summed E-state index contributed by atoms with van der Waals surface area (Å²) in [5.41, 5.74) is 5.91. The predicted molar refractivity (Wildman–Crippen MR) is 137 cm³/mol. The lowest BCUT2D eigenvalue weighted by molar-refractivity contribution is 0.0608. The quantitative estimate of drug-likeness (QED) is 0.399. The smallest absolute Gasteiger partial charge is 0.254 e. The molecule has 1 saturated carbocycles. The van der Waals surface area contributed by atoms with E-state index in [1.807, 2.05) is 12.1 Å². The molecule has 3 heteroatoms. The average molecular weight is 443 g/mol. The van der Waals surface area contributed by atoms with Gasteiger partial charge in [0.1, 0.15) is 0 Å². The fourth-order valence-electron chi connectivity index (χ4n) is 4.97. The van der Waals surface area contributed by atoms with Crippen LogP contribution in [-0.4, -0.2) is 21.4 Å². The molecule has 0 spiro atoms. The Balaban J connectivity index is 1.58. The first-order valence-corrected chi connectivity index (χ1v) is 12.4. The molecule has 0 saturated heterocycles. The number of carbonyl (C=O) groups excluding carboxylic acids is 1. The van der Waals surface area contributed by atoms with Gasteiger partial charge in [0.2, 0.25) is 0 Å². The van der Waals surface area contributed by atoms with Gasteiger partial charge in [-0.2, -0.15) is 0 Å². The van der Waals surface area contributed by atoms with E-state index in [1.54, 1.807) is 0 Å². The third-order valence-electron chi connectivity index (χ3n) is 6.97. The van der Waals surface area contributed by atoms with E-state index in [1.165, 1.54) is 41.6 Å². The van der Waals surface area contributed by atoms with Gasteiger partial charge in [-0.25, -0.2) is 0 Å². The summed E-state index contributed by atoms with van der Waals surface area (Å²) in [6, 6.07) is 21.5. The molecule has 0 atom stereocenters. The van der Waals surface area contributed by atoms with E-state index in [2.05, 4.69) is 91.9 Å². The first-order chi connectivity index (χ1) is 15.8. The number of aromatic nitrogens is 1. The monoisotopic (exact) mass is 442 g/mol. The van der Waals surface area contributed by atoms with Crippen LogP contribution in [0, 0.1) is 6.92 Å². The Morgan fingerprint density at radius 3 is 2.36 bits per heavy atom. The third kappa shape index (κ3) is 5.76. The van der Waals surface area contributed by atoms with E-state index >= 15 is 0 Å². The molecule has 1 aliphatic rings. The first kappa shape index (κ1) is 23.4. The maximum absolute atomic E-state index is 13.8. The largest absolute Gasteiger partial charge is 0.345 e. The van der Waals surface area contributed by atoms with Crippen molar-refractivity contribution in [3.8, 4) is 0 Å². The Bertz CT molecular complexity index is 1070. The highest BCUT2D eigenvalue weighted by Crippen LogP contribution is 2.27. The minimum atomic E-state index is 0.0846. The summed E-state index contributed by atoms with van der Waals surface area (Å²) < 4.78 is 2.29. The van der Waals surface area contributed by atoms with Crippen LogP contribution in [0.5, 0.6) is 0 Å². The number of hydrogen-bond donors (Lipinski definition) is 0. The summed E-state index contributed by atoms with van der Waals surface area (Å²) in [5, 5.41) is 0. The highest BCUT2D eigenvalue weighted by atomic mass is 16.2. The molecule has 0 unspecified atom stereocenters. The molecule has 0 N–H and O–H groups in total. The molecule has 3 aromatic rings. The second-order valence-electron chi connectivity index (χ2n) is 10.7. The second-order valence-corrected chi connectivity index (χ2v) is 10.7. The van der Waals surface area contributed by atoms with Gasteiger partial charge in [-0.05, 0) is 60.6 Å². The van der Waals surface area contributed by atoms with Crippen LogP contribution in [0.1, 0.15) is 85.6 Å². The molecule has 2 aromatic carbocycles. The van der Waals surface area contributed by atoms with Crippen molar-refractivity contribution in [2.45, 2.75) is 84.3 Å². The Morgan fingerprint density at radius 1 is 0.970 bits per heavy atom. The Kier molecular flexibility index (Phi) is 7.07. The van der Waals surface area contributed by atoms with E-state index in [0.29, 0.717) is 12.6 Å². The van der Waals surface area contributed by atoms with Crippen molar-refractivity contribution in [1.82, 2.24) is 9.47 Å². The third-order valence-corrected chi connectivity index (χ3v) is 6.97. The zero-order valence-corrected chi connectivity index (χ0v) is 20.7. The maximum atomic E-state index is 13.8. The Labute approximate surface area is 199 Å². The summed E-state index contributed by atoms with van der Waals surface area (Å²) in [6.45, 7) is 10.2. The zero-order valence-electron chi connectivity index (χ0n) is 20.7. The van der Waals surface area contributed by atoms with Crippen LogP contribution >= 0.6 is 0 Å². The van der Waals surface area contributed by atoms with Gasteiger partial charge in [0, 0.05) is 30.0 Å². The van der Waals surface area contributed by atoms with E-state index in [4.69, 9.17) is 0 Å². The lowest BCUT2D eigenvalue weighted by Crippen LogP contribution is -2.41. The van der Waals surface area contributed by atoms with Crippen molar-refractivity contribution in [3.05, 3.63) is 94.8 Å². The molecule has 0 radical (unpaired) electrons. The minimum absolute atomic E-state index is 0.0846. The number of carbonyl (C=O) groups is 1. The topological polar surface area (TPSA) is 25.2 Å². The van der Waals surface area contributed by atoms with Crippen LogP contribution in [0.4, 0.5) is 0 Å². The van der Waals surface area contributed by atoms with Crippen LogP contribution in [0.25, 0.3) is 0 Å². The molecule has 174 valence electrons. The van der Waals surface area contributed by atoms with Crippen LogP contribution < -0.4 is 0 Å². The molecule has 1 aliphatic carbocycles. The van der Waals surface area contributed by atoms with Gasteiger partial charge in [-0.3, -0.25) is 4.79 Å². The predicted octanol–water partition coefficient (Wildman–Crippen LogP) is 7.12. The van der Waals surface area contributed by atoms with E-state index in [0.717, 1.165) is 24.9 Å². The maximum Gasteiger partial charge on any atom is 0.254 e. The lowest BCUT2D eigenvalue weighted by Gasteiger charge is -2.35. The van der Waals surface area contributed by atoms with Crippen LogP contribution in [0.3, 0.4) is 0 Å². The average Bonchev–Trinajstić information content (AvgIpc) is 3.23. The van der Waals surface area contributed by atoms with Gasteiger partial charge in [0.05, 0.1) is 6.54 Å². The number of benzene rings is 2. The fraction of sp³-hybridized carbons (Fsp3) is 0.433. The van der Waals surface area contributed by atoms with Crippen molar-refractivity contribution in [2.75, 3.05) is 0 Å². The van der Waals surface area contributed by atoms with Gasteiger partial charge in [-0.15, -0.1) is 0 Å². The molecular formula is C30H38N2O. The molecule has 0 aliphatic heterocycles. The van der Waals surface area contributed by atoms with Gasteiger partial charge < -0.3 is 9.47 Å². The highest BCUT2D eigenvalue weighted by Gasteiger charge is 2.27. The normalized spacial score (nSPS) is 14.9. The molecule has 0 bridgehead atoms. The molecule has 1 heterocycles. The molecule has 33 heavy (non-hydrogen) atoms. The van der Waals surface area contributed by atoms with E-state index < -0.39 is 0 Å². The summed E-state index contributed by atoms with van der Waals surface area (Å²) in [4.78, 5) is 15.9. The molecule has 1 fully saturated rings. The molecule has 1 amide bonds.